The van der Waals surface area contributed by atoms with Gasteiger partial charge in [-0.3, -0.25) is 0 Å². The molecular formula is C15H14N2S. The van der Waals surface area contributed by atoms with Crippen molar-refractivity contribution in [2.24, 2.45) is 0 Å². The topological polar surface area (TPSA) is 39.6 Å². The fourth-order valence-electron chi connectivity index (χ4n) is 2.11. The molecule has 0 aliphatic rings. The average Bonchev–Trinajstić information content (AvgIpc) is 2.36. The highest BCUT2D eigenvalue weighted by Crippen LogP contribution is 2.20. The maximum Gasteiger partial charge on any atom is 0.121 e. The lowest BCUT2D eigenvalue weighted by Gasteiger charge is -2.11. The molecule has 2 nitrogen and oxygen atoms in total. The van der Waals surface area contributed by atoms with Gasteiger partial charge in [0.05, 0.1) is 5.56 Å². The van der Waals surface area contributed by atoms with Gasteiger partial charge in [-0.1, -0.05) is 42.5 Å². The van der Waals surface area contributed by atoms with Gasteiger partial charge in [0.25, 0.3) is 0 Å². The summed E-state index contributed by atoms with van der Waals surface area (Å²) in [5.74, 6) is 0. The number of hydrogen-bond acceptors (Lipinski definition) is 2. The van der Waals surface area contributed by atoms with Gasteiger partial charge in [0, 0.05) is 5.69 Å². The van der Waals surface area contributed by atoms with Gasteiger partial charge >= 0.3 is 0 Å². The molecule has 0 saturated heterocycles. The summed E-state index contributed by atoms with van der Waals surface area (Å²) in [4.78, 5) is 3.11. The third-order valence-corrected chi connectivity index (χ3v) is 3.45. The van der Waals surface area contributed by atoms with Crippen molar-refractivity contribution in [3.63, 3.8) is 0 Å². The summed E-state index contributed by atoms with van der Waals surface area (Å²) >= 11 is 5.17. The number of aromatic amines is 1. The number of nitrogens with one attached hydrogen (secondary N) is 1. The van der Waals surface area contributed by atoms with Crippen molar-refractivity contribution < 1.29 is 0 Å². The van der Waals surface area contributed by atoms with Crippen molar-refractivity contribution in [3.05, 3.63) is 62.9 Å². The van der Waals surface area contributed by atoms with Crippen molar-refractivity contribution in [3.8, 4) is 6.07 Å². The lowest BCUT2D eigenvalue weighted by molar-refractivity contribution is 1.03. The summed E-state index contributed by atoms with van der Waals surface area (Å²) in [5.41, 5.74) is 5.01. The van der Waals surface area contributed by atoms with Gasteiger partial charge in [-0.15, -0.1) is 0 Å². The quantitative estimate of drug-likeness (QED) is 0.827. The Balaban J connectivity index is 2.53. The summed E-state index contributed by atoms with van der Waals surface area (Å²) < 4.78 is 0.532. The van der Waals surface area contributed by atoms with E-state index in [0.717, 1.165) is 23.2 Å². The SMILES string of the molecule is Cc1[nH]c(=S)c(C#N)c(C)c1Cc1ccccc1. The Bertz CT molecular complexity index is 663. The van der Waals surface area contributed by atoms with E-state index in [0.29, 0.717) is 10.2 Å². The molecule has 0 amide bonds. The largest absolute Gasteiger partial charge is 0.349 e. The standard InChI is InChI=1S/C15H14N2S/c1-10-13(8-12-6-4-3-5-7-12)11(2)17-15(18)14(10)9-16/h3-7H,8H2,1-2H3,(H,17,18). The van der Waals surface area contributed by atoms with Crippen molar-refractivity contribution >= 4 is 12.2 Å². The van der Waals surface area contributed by atoms with Crippen molar-refractivity contribution in [2.45, 2.75) is 20.3 Å². The maximum absolute atomic E-state index is 9.14. The normalized spacial score (nSPS) is 10.1. The minimum atomic E-state index is 0.532. The molecule has 0 spiro atoms. The molecule has 1 heterocycles. The Morgan fingerprint density at radius 1 is 1.22 bits per heavy atom. The van der Waals surface area contributed by atoms with Crippen LogP contribution in [0.2, 0.25) is 0 Å². The molecule has 0 atom stereocenters. The number of pyridine rings is 1. The predicted octanol–water partition coefficient (Wildman–Crippen LogP) is 3.82. The van der Waals surface area contributed by atoms with Crippen LogP contribution in [0.15, 0.2) is 30.3 Å². The minimum Gasteiger partial charge on any atom is -0.349 e. The summed E-state index contributed by atoms with van der Waals surface area (Å²) in [6.45, 7) is 3.97. The Morgan fingerprint density at radius 3 is 2.50 bits per heavy atom. The zero-order valence-electron chi connectivity index (χ0n) is 10.4. The number of nitrogens with zero attached hydrogens (tertiary/aromatic N) is 1. The van der Waals surface area contributed by atoms with Crippen LogP contribution < -0.4 is 0 Å². The highest BCUT2D eigenvalue weighted by atomic mass is 32.1. The van der Waals surface area contributed by atoms with Crippen LogP contribution in [0, 0.1) is 29.8 Å². The molecule has 0 aliphatic heterocycles. The van der Waals surface area contributed by atoms with Gasteiger partial charge in [-0.05, 0) is 37.0 Å². The monoisotopic (exact) mass is 254 g/mol. The molecule has 0 saturated carbocycles. The molecule has 0 aliphatic carbocycles. The fraction of sp³-hybridized carbons (Fsp3) is 0.200. The molecule has 1 aromatic heterocycles. The van der Waals surface area contributed by atoms with Crippen molar-refractivity contribution in [1.29, 1.82) is 5.26 Å². The maximum atomic E-state index is 9.14. The molecular weight excluding hydrogens is 240 g/mol. The fourth-order valence-corrected chi connectivity index (χ4v) is 2.46. The second-order valence-electron chi connectivity index (χ2n) is 4.33. The van der Waals surface area contributed by atoms with E-state index in [1.54, 1.807) is 0 Å². The van der Waals surface area contributed by atoms with E-state index in [1.807, 2.05) is 32.0 Å². The zero-order valence-corrected chi connectivity index (χ0v) is 11.3. The van der Waals surface area contributed by atoms with Crippen LogP contribution in [-0.4, -0.2) is 4.98 Å². The van der Waals surface area contributed by atoms with Crippen LogP contribution in [0.5, 0.6) is 0 Å². The van der Waals surface area contributed by atoms with Crippen LogP contribution in [0.1, 0.15) is 27.9 Å². The van der Waals surface area contributed by atoms with Crippen LogP contribution in [-0.2, 0) is 6.42 Å². The van der Waals surface area contributed by atoms with Crippen LogP contribution in [0.4, 0.5) is 0 Å². The highest BCUT2D eigenvalue weighted by molar-refractivity contribution is 7.71. The Morgan fingerprint density at radius 2 is 1.89 bits per heavy atom. The number of aryl methyl sites for hydroxylation is 1. The minimum absolute atomic E-state index is 0.532. The molecule has 3 heteroatoms. The number of hydrogen-bond donors (Lipinski definition) is 1. The summed E-state index contributed by atoms with van der Waals surface area (Å²) in [6.07, 6.45) is 0.819. The van der Waals surface area contributed by atoms with Gasteiger partial charge in [-0.2, -0.15) is 5.26 Å². The van der Waals surface area contributed by atoms with Gasteiger partial charge < -0.3 is 4.98 Å². The molecule has 18 heavy (non-hydrogen) atoms. The number of aromatic nitrogens is 1. The first-order chi connectivity index (χ1) is 8.63. The Kier molecular flexibility index (Phi) is 3.59. The average molecular weight is 254 g/mol. The highest BCUT2D eigenvalue weighted by Gasteiger charge is 2.10. The van der Waals surface area contributed by atoms with Crippen molar-refractivity contribution in [1.82, 2.24) is 4.98 Å². The molecule has 1 aromatic carbocycles. The molecule has 2 aromatic rings. The first kappa shape index (κ1) is 12.5. The Labute approximate surface area is 112 Å². The van der Waals surface area contributed by atoms with Gasteiger partial charge in [-0.25, -0.2) is 0 Å². The first-order valence-electron chi connectivity index (χ1n) is 5.80. The second kappa shape index (κ2) is 5.16. The molecule has 1 N–H and O–H groups in total. The van der Waals surface area contributed by atoms with Crippen LogP contribution in [0.25, 0.3) is 0 Å². The molecule has 0 unspecified atom stereocenters. The number of nitriles is 1. The van der Waals surface area contributed by atoms with Gasteiger partial charge in [0.15, 0.2) is 0 Å². The van der Waals surface area contributed by atoms with E-state index in [2.05, 4.69) is 23.2 Å². The summed E-state index contributed by atoms with van der Waals surface area (Å²) in [5, 5.41) is 9.14. The third kappa shape index (κ3) is 2.34. The van der Waals surface area contributed by atoms with E-state index in [-0.39, 0.29) is 0 Å². The molecule has 2 rings (SSSR count). The summed E-state index contributed by atoms with van der Waals surface area (Å²) in [7, 11) is 0. The van der Waals surface area contributed by atoms with E-state index in [9.17, 15) is 0 Å². The molecule has 90 valence electrons. The van der Waals surface area contributed by atoms with Crippen LogP contribution in [0.3, 0.4) is 0 Å². The number of benzene rings is 1. The Hall–Kier alpha value is -1.92. The zero-order chi connectivity index (χ0) is 13.1. The van der Waals surface area contributed by atoms with E-state index < -0.39 is 0 Å². The van der Waals surface area contributed by atoms with E-state index in [1.165, 1.54) is 5.56 Å². The van der Waals surface area contributed by atoms with Crippen molar-refractivity contribution in [2.75, 3.05) is 0 Å². The second-order valence-corrected chi connectivity index (χ2v) is 4.74. The number of rotatable bonds is 2. The molecule has 0 fully saturated rings. The van der Waals surface area contributed by atoms with E-state index in [4.69, 9.17) is 17.5 Å². The summed E-state index contributed by atoms with van der Waals surface area (Å²) in [6, 6.07) is 12.4. The predicted molar refractivity (Wildman–Crippen MR) is 75.1 cm³/mol. The smallest absolute Gasteiger partial charge is 0.121 e. The molecule has 0 bridgehead atoms. The third-order valence-electron chi connectivity index (χ3n) is 3.14. The van der Waals surface area contributed by atoms with Gasteiger partial charge in [0.2, 0.25) is 0 Å². The first-order valence-corrected chi connectivity index (χ1v) is 6.20. The number of H-pyrrole nitrogens is 1. The lowest BCUT2D eigenvalue weighted by atomic mass is 9.97. The lowest BCUT2D eigenvalue weighted by Crippen LogP contribution is -2.02. The van der Waals surface area contributed by atoms with Gasteiger partial charge in [0.1, 0.15) is 10.7 Å². The van der Waals surface area contributed by atoms with E-state index >= 15 is 0 Å². The molecule has 0 radical (unpaired) electrons. The van der Waals surface area contributed by atoms with Crippen LogP contribution >= 0.6 is 12.2 Å².